The fourth-order valence-electron chi connectivity index (χ4n) is 3.41. The van der Waals surface area contributed by atoms with E-state index >= 15 is 0 Å². The Balaban J connectivity index is 2.23. The number of allylic oxidation sites excluding steroid dienone is 1. The van der Waals surface area contributed by atoms with E-state index in [1.165, 1.54) is 0 Å². The molecule has 2 aromatic rings. The Bertz CT molecular complexity index is 891. The van der Waals surface area contributed by atoms with Gasteiger partial charge in [-0.15, -0.1) is 23.2 Å². The molecule has 0 aromatic heterocycles. The lowest BCUT2D eigenvalue weighted by Crippen LogP contribution is -2.36. The van der Waals surface area contributed by atoms with E-state index in [-0.39, 0.29) is 18.0 Å². The highest BCUT2D eigenvalue weighted by molar-refractivity contribution is 6.18. The van der Waals surface area contributed by atoms with Crippen molar-refractivity contribution in [3.05, 3.63) is 71.8 Å². The number of carbonyl (C=O) groups excluding carboxylic acids is 2. The monoisotopic (exact) mass is 477 g/mol. The summed E-state index contributed by atoms with van der Waals surface area (Å²) in [6.07, 6.45) is 0.233. The summed E-state index contributed by atoms with van der Waals surface area (Å²) >= 11 is 11.9. The van der Waals surface area contributed by atoms with Crippen LogP contribution in [-0.4, -0.2) is 62.1 Å². The van der Waals surface area contributed by atoms with E-state index < -0.39 is 5.92 Å². The Morgan fingerprint density at radius 2 is 1.34 bits per heavy atom. The SMILES string of the molecule is C=C(CC(CN(CCCl)CCCl)C(=O)c1ccc(OC)cc1)C(=O)c1ccc(OC)cc1. The molecule has 32 heavy (non-hydrogen) atoms. The second-order valence-corrected chi connectivity index (χ2v) is 8.09. The molecule has 0 aliphatic heterocycles. The van der Waals surface area contributed by atoms with Gasteiger partial charge in [0.2, 0.25) is 0 Å². The maximum atomic E-state index is 13.4. The molecule has 1 atom stereocenters. The van der Waals surface area contributed by atoms with E-state index in [1.807, 2.05) is 4.90 Å². The second kappa shape index (κ2) is 13.3. The summed E-state index contributed by atoms with van der Waals surface area (Å²) in [6.45, 7) is 5.62. The first-order chi connectivity index (χ1) is 15.4. The molecule has 2 aromatic carbocycles. The Morgan fingerprint density at radius 1 is 0.875 bits per heavy atom. The topological polar surface area (TPSA) is 55.8 Å². The number of hydrogen-bond acceptors (Lipinski definition) is 5. The molecule has 5 nitrogen and oxygen atoms in total. The van der Waals surface area contributed by atoms with Gasteiger partial charge in [0, 0.05) is 48.4 Å². The van der Waals surface area contributed by atoms with E-state index in [0.717, 1.165) is 0 Å². The van der Waals surface area contributed by atoms with Gasteiger partial charge in [0.05, 0.1) is 14.2 Å². The molecule has 0 aliphatic rings. The zero-order valence-electron chi connectivity index (χ0n) is 18.5. The lowest BCUT2D eigenvalue weighted by atomic mass is 9.88. The first-order valence-corrected chi connectivity index (χ1v) is 11.4. The van der Waals surface area contributed by atoms with Crippen LogP contribution in [0.1, 0.15) is 27.1 Å². The van der Waals surface area contributed by atoms with Crippen molar-refractivity contribution in [1.82, 2.24) is 4.90 Å². The molecule has 1 unspecified atom stereocenters. The highest BCUT2D eigenvalue weighted by Crippen LogP contribution is 2.23. The molecule has 7 heteroatoms. The number of carbonyl (C=O) groups is 2. The van der Waals surface area contributed by atoms with Crippen LogP contribution < -0.4 is 9.47 Å². The van der Waals surface area contributed by atoms with Gasteiger partial charge < -0.3 is 14.4 Å². The molecule has 0 N–H and O–H groups in total. The Hall–Kier alpha value is -2.34. The van der Waals surface area contributed by atoms with Crippen LogP contribution in [-0.2, 0) is 0 Å². The van der Waals surface area contributed by atoms with Crippen molar-refractivity contribution in [1.29, 1.82) is 0 Å². The first kappa shape index (κ1) is 25.9. The number of methoxy groups -OCH3 is 2. The molecule has 0 saturated carbocycles. The van der Waals surface area contributed by atoms with Crippen molar-refractivity contribution in [3.63, 3.8) is 0 Å². The average Bonchev–Trinajstić information content (AvgIpc) is 2.83. The van der Waals surface area contributed by atoms with Crippen LogP contribution in [0.15, 0.2) is 60.7 Å². The van der Waals surface area contributed by atoms with Gasteiger partial charge in [0.25, 0.3) is 0 Å². The molecule has 0 bridgehead atoms. The quantitative estimate of drug-likeness (QED) is 0.215. The van der Waals surface area contributed by atoms with Gasteiger partial charge in [-0.25, -0.2) is 0 Å². The van der Waals surface area contributed by atoms with Gasteiger partial charge in [-0.3, -0.25) is 9.59 Å². The largest absolute Gasteiger partial charge is 0.497 e. The number of ether oxygens (including phenoxy) is 2. The molecule has 0 spiro atoms. The summed E-state index contributed by atoms with van der Waals surface area (Å²) in [5.41, 5.74) is 1.43. The molecule has 2 rings (SSSR count). The smallest absolute Gasteiger partial charge is 0.188 e. The molecule has 0 saturated heterocycles. The number of alkyl halides is 2. The van der Waals surface area contributed by atoms with Gasteiger partial charge in [-0.2, -0.15) is 0 Å². The highest BCUT2D eigenvalue weighted by Gasteiger charge is 2.26. The van der Waals surface area contributed by atoms with Crippen molar-refractivity contribution < 1.29 is 19.1 Å². The molecule has 0 amide bonds. The maximum Gasteiger partial charge on any atom is 0.188 e. The Labute approximate surface area is 199 Å². The van der Waals surface area contributed by atoms with Gasteiger partial charge >= 0.3 is 0 Å². The number of Topliss-reactive ketones (excluding diaryl/α,β-unsaturated/α-hetero) is 2. The third-order valence-electron chi connectivity index (χ3n) is 5.19. The molecule has 0 radical (unpaired) electrons. The Morgan fingerprint density at radius 3 is 1.78 bits per heavy atom. The minimum Gasteiger partial charge on any atom is -0.497 e. The number of halogens is 2. The van der Waals surface area contributed by atoms with Crippen molar-refractivity contribution in [2.75, 3.05) is 45.6 Å². The summed E-state index contributed by atoms with van der Waals surface area (Å²) in [6, 6.07) is 13.8. The van der Waals surface area contributed by atoms with Crippen molar-refractivity contribution in [3.8, 4) is 11.5 Å². The number of benzene rings is 2. The van der Waals surface area contributed by atoms with Crippen LogP contribution in [0.25, 0.3) is 0 Å². The first-order valence-electron chi connectivity index (χ1n) is 10.3. The van der Waals surface area contributed by atoms with Gasteiger partial charge in [0.1, 0.15) is 11.5 Å². The fraction of sp³-hybridized carbons (Fsp3) is 0.360. The summed E-state index contributed by atoms with van der Waals surface area (Å²) in [7, 11) is 3.14. The van der Waals surface area contributed by atoms with Crippen molar-refractivity contribution >= 4 is 34.8 Å². The number of hydrogen-bond donors (Lipinski definition) is 0. The third kappa shape index (κ3) is 7.37. The standard InChI is InChI=1S/C25H29Cl2NO4/c1-18(24(29)19-4-8-22(31-2)9-5-19)16-21(17-28(14-12-26)15-13-27)25(30)20-6-10-23(32-3)11-7-20/h4-11,21H,1,12-17H2,2-3H3. The molecule has 0 fully saturated rings. The normalized spacial score (nSPS) is 11.8. The number of nitrogens with zero attached hydrogens (tertiary/aromatic N) is 1. The zero-order chi connectivity index (χ0) is 23.5. The summed E-state index contributed by atoms with van der Waals surface area (Å²) in [4.78, 5) is 28.3. The van der Waals surface area contributed by atoms with Crippen LogP contribution in [0.4, 0.5) is 0 Å². The van der Waals surface area contributed by atoms with Crippen LogP contribution in [0.5, 0.6) is 11.5 Å². The predicted molar refractivity (Wildman–Crippen MR) is 130 cm³/mol. The van der Waals surface area contributed by atoms with Crippen LogP contribution in [0.2, 0.25) is 0 Å². The molecular formula is C25H29Cl2NO4. The molecule has 172 valence electrons. The summed E-state index contributed by atoms with van der Waals surface area (Å²) in [5, 5.41) is 0. The lowest BCUT2D eigenvalue weighted by molar-refractivity contribution is 0.0880. The van der Waals surface area contributed by atoms with Crippen molar-refractivity contribution in [2.24, 2.45) is 5.92 Å². The second-order valence-electron chi connectivity index (χ2n) is 7.33. The van der Waals surface area contributed by atoms with E-state index in [1.54, 1.807) is 62.8 Å². The summed E-state index contributed by atoms with van der Waals surface area (Å²) < 4.78 is 10.3. The van der Waals surface area contributed by atoms with Gasteiger partial charge in [0.15, 0.2) is 11.6 Å². The zero-order valence-corrected chi connectivity index (χ0v) is 20.0. The van der Waals surface area contributed by atoms with Crippen molar-refractivity contribution in [2.45, 2.75) is 6.42 Å². The van der Waals surface area contributed by atoms with Crippen LogP contribution in [0, 0.1) is 5.92 Å². The molecular weight excluding hydrogens is 449 g/mol. The maximum absolute atomic E-state index is 13.4. The average molecular weight is 478 g/mol. The van der Waals surface area contributed by atoms with Gasteiger partial charge in [-0.1, -0.05) is 6.58 Å². The van der Waals surface area contributed by atoms with E-state index in [0.29, 0.717) is 59.6 Å². The fourth-order valence-corrected chi connectivity index (χ4v) is 3.89. The molecule has 0 aliphatic carbocycles. The lowest BCUT2D eigenvalue weighted by Gasteiger charge is -2.26. The van der Waals surface area contributed by atoms with Crippen LogP contribution in [0.3, 0.4) is 0 Å². The van der Waals surface area contributed by atoms with Crippen LogP contribution >= 0.6 is 23.2 Å². The number of ketones is 2. The highest BCUT2D eigenvalue weighted by atomic mass is 35.5. The Kier molecular flexibility index (Phi) is 10.7. The minimum absolute atomic E-state index is 0.0644. The minimum atomic E-state index is -0.468. The third-order valence-corrected chi connectivity index (χ3v) is 5.53. The number of rotatable bonds is 14. The van der Waals surface area contributed by atoms with E-state index in [4.69, 9.17) is 32.7 Å². The summed E-state index contributed by atoms with van der Waals surface area (Å²) in [5.74, 6) is 1.45. The molecule has 0 heterocycles. The predicted octanol–water partition coefficient (Wildman–Crippen LogP) is 5.11. The van der Waals surface area contributed by atoms with E-state index in [2.05, 4.69) is 6.58 Å². The van der Waals surface area contributed by atoms with Gasteiger partial charge in [-0.05, 0) is 60.5 Å². The van der Waals surface area contributed by atoms with E-state index in [9.17, 15) is 9.59 Å².